The van der Waals surface area contributed by atoms with Crippen LogP contribution in [0.1, 0.15) is 18.3 Å². The summed E-state index contributed by atoms with van der Waals surface area (Å²) in [6.07, 6.45) is 1.75. The first kappa shape index (κ1) is 10.9. The molecule has 0 aliphatic heterocycles. The van der Waals surface area contributed by atoms with Crippen molar-refractivity contribution in [2.24, 2.45) is 5.92 Å². The van der Waals surface area contributed by atoms with E-state index in [2.05, 4.69) is 15.3 Å². The Bertz CT molecular complexity index is 301. The van der Waals surface area contributed by atoms with Crippen LogP contribution in [0.2, 0.25) is 0 Å². The van der Waals surface area contributed by atoms with Crippen molar-refractivity contribution >= 4 is 5.82 Å². The van der Waals surface area contributed by atoms with E-state index in [1.807, 2.05) is 20.8 Å². The molecule has 0 saturated heterocycles. The zero-order valence-electron chi connectivity index (χ0n) is 8.91. The standard InChI is InChI=1S/C10H17N3O/c1-7(6-14)4-12-10-9(3)11-5-8(2)13-10/h5,7,14H,4,6H2,1-3H3,(H,12,13). The maximum atomic E-state index is 8.86. The van der Waals surface area contributed by atoms with Crippen molar-refractivity contribution in [3.05, 3.63) is 17.6 Å². The first-order valence-electron chi connectivity index (χ1n) is 4.78. The second kappa shape index (κ2) is 4.91. The number of rotatable bonds is 4. The van der Waals surface area contributed by atoms with Crippen molar-refractivity contribution in [2.45, 2.75) is 20.8 Å². The van der Waals surface area contributed by atoms with E-state index in [0.29, 0.717) is 0 Å². The molecule has 0 spiro atoms. The molecule has 1 heterocycles. The number of hydrogen-bond donors (Lipinski definition) is 2. The fraction of sp³-hybridized carbons (Fsp3) is 0.600. The summed E-state index contributed by atoms with van der Waals surface area (Å²) >= 11 is 0. The van der Waals surface area contributed by atoms with E-state index in [4.69, 9.17) is 5.11 Å². The number of nitrogens with one attached hydrogen (secondary N) is 1. The highest BCUT2D eigenvalue weighted by Crippen LogP contribution is 2.09. The van der Waals surface area contributed by atoms with Gasteiger partial charge in [-0.3, -0.25) is 4.98 Å². The topological polar surface area (TPSA) is 58.0 Å². The quantitative estimate of drug-likeness (QED) is 0.756. The molecule has 78 valence electrons. The number of nitrogens with zero attached hydrogens (tertiary/aromatic N) is 2. The summed E-state index contributed by atoms with van der Waals surface area (Å²) in [5, 5.41) is 12.0. The van der Waals surface area contributed by atoms with Crippen LogP contribution in [0.4, 0.5) is 5.82 Å². The lowest BCUT2D eigenvalue weighted by molar-refractivity contribution is 0.244. The van der Waals surface area contributed by atoms with Crippen molar-refractivity contribution in [3.63, 3.8) is 0 Å². The Morgan fingerprint density at radius 2 is 2.21 bits per heavy atom. The summed E-state index contributed by atoms with van der Waals surface area (Å²) < 4.78 is 0. The molecule has 0 aliphatic rings. The van der Waals surface area contributed by atoms with Crippen molar-refractivity contribution < 1.29 is 5.11 Å². The predicted octanol–water partition coefficient (Wildman–Crippen LogP) is 1.13. The van der Waals surface area contributed by atoms with Crippen molar-refractivity contribution in [1.82, 2.24) is 9.97 Å². The molecule has 14 heavy (non-hydrogen) atoms. The van der Waals surface area contributed by atoms with E-state index in [1.165, 1.54) is 0 Å². The summed E-state index contributed by atoms with van der Waals surface area (Å²) in [6, 6.07) is 0. The van der Waals surface area contributed by atoms with Crippen molar-refractivity contribution in [3.8, 4) is 0 Å². The van der Waals surface area contributed by atoms with E-state index in [-0.39, 0.29) is 12.5 Å². The van der Waals surface area contributed by atoms with E-state index in [9.17, 15) is 0 Å². The molecule has 4 nitrogen and oxygen atoms in total. The Balaban J connectivity index is 2.62. The zero-order valence-corrected chi connectivity index (χ0v) is 8.91. The lowest BCUT2D eigenvalue weighted by Crippen LogP contribution is -2.16. The van der Waals surface area contributed by atoms with Gasteiger partial charge in [-0.2, -0.15) is 0 Å². The van der Waals surface area contributed by atoms with E-state index in [1.54, 1.807) is 6.20 Å². The van der Waals surface area contributed by atoms with Gasteiger partial charge in [0.25, 0.3) is 0 Å². The molecule has 4 heteroatoms. The Labute approximate surface area is 84.4 Å². The normalized spacial score (nSPS) is 12.6. The summed E-state index contributed by atoms with van der Waals surface area (Å²) in [7, 11) is 0. The van der Waals surface area contributed by atoms with Gasteiger partial charge in [0.15, 0.2) is 0 Å². The minimum Gasteiger partial charge on any atom is -0.396 e. The van der Waals surface area contributed by atoms with Gasteiger partial charge < -0.3 is 10.4 Å². The fourth-order valence-electron chi connectivity index (χ4n) is 1.04. The van der Waals surface area contributed by atoms with E-state index in [0.717, 1.165) is 23.8 Å². The van der Waals surface area contributed by atoms with Gasteiger partial charge in [0.05, 0.1) is 11.4 Å². The third kappa shape index (κ3) is 2.96. The molecule has 1 aromatic rings. The highest BCUT2D eigenvalue weighted by Gasteiger charge is 2.03. The van der Waals surface area contributed by atoms with Crippen LogP contribution in [-0.4, -0.2) is 28.2 Å². The molecular weight excluding hydrogens is 178 g/mol. The largest absolute Gasteiger partial charge is 0.396 e. The molecule has 0 bridgehead atoms. The third-order valence-corrected chi connectivity index (χ3v) is 2.01. The third-order valence-electron chi connectivity index (χ3n) is 2.01. The summed E-state index contributed by atoms with van der Waals surface area (Å²) in [5.74, 6) is 1.04. The molecule has 1 rings (SSSR count). The molecular formula is C10H17N3O. The van der Waals surface area contributed by atoms with Gasteiger partial charge in [-0.15, -0.1) is 0 Å². The second-order valence-corrected chi connectivity index (χ2v) is 3.61. The smallest absolute Gasteiger partial charge is 0.147 e. The van der Waals surface area contributed by atoms with Gasteiger partial charge in [-0.1, -0.05) is 6.92 Å². The number of anilines is 1. The average molecular weight is 195 g/mol. The molecule has 1 unspecified atom stereocenters. The minimum absolute atomic E-state index is 0.186. The minimum atomic E-state index is 0.186. The Morgan fingerprint density at radius 3 is 2.86 bits per heavy atom. The van der Waals surface area contributed by atoms with Crippen LogP contribution in [0.5, 0.6) is 0 Å². The second-order valence-electron chi connectivity index (χ2n) is 3.61. The molecule has 0 saturated carbocycles. The van der Waals surface area contributed by atoms with Crippen LogP contribution in [0, 0.1) is 19.8 Å². The SMILES string of the molecule is Cc1cnc(C)c(NCC(C)CO)n1. The van der Waals surface area contributed by atoms with Gasteiger partial charge in [0, 0.05) is 19.3 Å². The monoisotopic (exact) mass is 195 g/mol. The molecule has 0 aromatic carbocycles. The number of aliphatic hydroxyl groups is 1. The lowest BCUT2D eigenvalue weighted by Gasteiger charge is -2.11. The van der Waals surface area contributed by atoms with Crippen LogP contribution in [0.15, 0.2) is 6.20 Å². The van der Waals surface area contributed by atoms with Crippen LogP contribution >= 0.6 is 0 Å². The molecule has 1 atom stereocenters. The molecule has 0 radical (unpaired) electrons. The highest BCUT2D eigenvalue weighted by molar-refractivity contribution is 5.39. The van der Waals surface area contributed by atoms with Crippen LogP contribution in [0.3, 0.4) is 0 Å². The maximum absolute atomic E-state index is 8.86. The maximum Gasteiger partial charge on any atom is 0.147 e. The average Bonchev–Trinajstić information content (AvgIpc) is 2.19. The summed E-state index contributed by atoms with van der Waals surface area (Å²) in [6.45, 7) is 6.71. The first-order chi connectivity index (χ1) is 6.63. The predicted molar refractivity (Wildman–Crippen MR) is 56.2 cm³/mol. The van der Waals surface area contributed by atoms with Gasteiger partial charge in [0.1, 0.15) is 5.82 Å². The fourth-order valence-corrected chi connectivity index (χ4v) is 1.04. The first-order valence-corrected chi connectivity index (χ1v) is 4.78. The van der Waals surface area contributed by atoms with Gasteiger partial charge in [-0.25, -0.2) is 4.98 Å². The Hall–Kier alpha value is -1.16. The van der Waals surface area contributed by atoms with Crippen LogP contribution < -0.4 is 5.32 Å². The molecule has 2 N–H and O–H groups in total. The molecule has 0 aliphatic carbocycles. The van der Waals surface area contributed by atoms with E-state index >= 15 is 0 Å². The van der Waals surface area contributed by atoms with Gasteiger partial charge in [0.2, 0.25) is 0 Å². The van der Waals surface area contributed by atoms with Crippen molar-refractivity contribution in [2.75, 3.05) is 18.5 Å². The Kier molecular flexibility index (Phi) is 3.83. The van der Waals surface area contributed by atoms with Crippen LogP contribution in [-0.2, 0) is 0 Å². The molecule has 0 fully saturated rings. The molecule has 0 amide bonds. The summed E-state index contributed by atoms with van der Waals surface area (Å²) in [4.78, 5) is 8.52. The van der Waals surface area contributed by atoms with E-state index < -0.39 is 0 Å². The summed E-state index contributed by atoms with van der Waals surface area (Å²) in [5.41, 5.74) is 1.79. The number of aryl methyl sites for hydroxylation is 2. The van der Waals surface area contributed by atoms with Crippen LogP contribution in [0.25, 0.3) is 0 Å². The zero-order chi connectivity index (χ0) is 10.6. The van der Waals surface area contributed by atoms with Gasteiger partial charge >= 0.3 is 0 Å². The number of hydrogen-bond acceptors (Lipinski definition) is 4. The van der Waals surface area contributed by atoms with Crippen molar-refractivity contribution in [1.29, 1.82) is 0 Å². The number of aliphatic hydroxyl groups excluding tert-OH is 1. The lowest BCUT2D eigenvalue weighted by atomic mass is 10.2. The highest BCUT2D eigenvalue weighted by atomic mass is 16.3. The Morgan fingerprint density at radius 1 is 1.50 bits per heavy atom. The molecule has 1 aromatic heterocycles. The number of aromatic nitrogens is 2. The van der Waals surface area contributed by atoms with Gasteiger partial charge in [-0.05, 0) is 19.8 Å².